The number of amides is 1. The monoisotopic (exact) mass is 410 g/mol. The highest BCUT2D eigenvalue weighted by Crippen LogP contribution is 2.27. The molecule has 1 fully saturated rings. The summed E-state index contributed by atoms with van der Waals surface area (Å²) in [6, 6.07) is 11.1. The van der Waals surface area contributed by atoms with Crippen LogP contribution < -0.4 is 9.47 Å². The van der Waals surface area contributed by atoms with Gasteiger partial charge < -0.3 is 18.9 Å². The Kier molecular flexibility index (Phi) is 6.32. The number of nitrogens with zero attached hydrogens (tertiary/aromatic N) is 4. The van der Waals surface area contributed by atoms with Gasteiger partial charge in [-0.3, -0.25) is 9.48 Å². The number of benzene rings is 1. The van der Waals surface area contributed by atoms with Crippen LogP contribution in [0, 0.1) is 0 Å². The highest BCUT2D eigenvalue weighted by molar-refractivity contribution is 5.92. The standard InChI is InChI=1S/C22H26N4O4/c1-28-20-8-2-3-9-21(20)29-16-18-15-19(24-30-18)22(27)26-13-5-4-7-17(26)10-14-25-12-6-11-23-25/h2-3,6,8-9,11-12,15,17H,4-5,7,10,13-14,16H2,1H3/t17-/m1/s1. The molecule has 1 saturated heterocycles. The van der Waals surface area contributed by atoms with E-state index in [9.17, 15) is 4.79 Å². The van der Waals surface area contributed by atoms with Crippen molar-refractivity contribution in [3.05, 3.63) is 60.2 Å². The predicted molar refractivity (Wildman–Crippen MR) is 109 cm³/mol. The molecular formula is C22H26N4O4. The van der Waals surface area contributed by atoms with E-state index in [-0.39, 0.29) is 18.6 Å². The summed E-state index contributed by atoms with van der Waals surface area (Å²) in [5.74, 6) is 1.66. The molecule has 30 heavy (non-hydrogen) atoms. The number of hydrogen-bond donors (Lipinski definition) is 0. The number of aryl methyl sites for hydroxylation is 1. The van der Waals surface area contributed by atoms with Crippen LogP contribution in [-0.4, -0.2) is 45.4 Å². The second-order valence-corrected chi connectivity index (χ2v) is 7.32. The number of rotatable bonds is 8. The van der Waals surface area contributed by atoms with Crippen molar-refractivity contribution in [1.29, 1.82) is 0 Å². The van der Waals surface area contributed by atoms with Crippen LogP contribution in [0.5, 0.6) is 11.5 Å². The summed E-state index contributed by atoms with van der Waals surface area (Å²) in [5, 5.41) is 8.25. The Morgan fingerprint density at radius 2 is 2.10 bits per heavy atom. The fraction of sp³-hybridized carbons (Fsp3) is 0.409. The van der Waals surface area contributed by atoms with Crippen LogP contribution in [0.25, 0.3) is 0 Å². The predicted octanol–water partition coefficient (Wildman–Crippen LogP) is 3.54. The number of para-hydroxylation sites is 2. The van der Waals surface area contributed by atoms with Crippen molar-refractivity contribution >= 4 is 5.91 Å². The quantitative estimate of drug-likeness (QED) is 0.565. The van der Waals surface area contributed by atoms with Gasteiger partial charge in [-0.1, -0.05) is 17.3 Å². The molecule has 8 nitrogen and oxygen atoms in total. The van der Waals surface area contributed by atoms with Crippen molar-refractivity contribution in [2.24, 2.45) is 0 Å². The second kappa shape index (κ2) is 9.47. The van der Waals surface area contributed by atoms with Gasteiger partial charge in [0.15, 0.2) is 23.0 Å². The Balaban J connectivity index is 1.38. The van der Waals surface area contributed by atoms with E-state index in [4.69, 9.17) is 14.0 Å². The van der Waals surface area contributed by atoms with E-state index in [0.29, 0.717) is 23.0 Å². The maximum Gasteiger partial charge on any atom is 0.276 e. The van der Waals surface area contributed by atoms with Gasteiger partial charge in [-0.15, -0.1) is 0 Å². The van der Waals surface area contributed by atoms with Gasteiger partial charge in [-0.25, -0.2) is 0 Å². The SMILES string of the molecule is COc1ccccc1OCc1cc(C(=O)N2CCCC[C@@H]2CCn2cccn2)no1. The van der Waals surface area contributed by atoms with E-state index >= 15 is 0 Å². The minimum Gasteiger partial charge on any atom is -0.493 e. The Morgan fingerprint density at radius 3 is 2.90 bits per heavy atom. The van der Waals surface area contributed by atoms with Crippen LogP contribution in [0.15, 0.2) is 53.3 Å². The Hall–Kier alpha value is -3.29. The van der Waals surface area contributed by atoms with Crippen LogP contribution in [0.1, 0.15) is 41.9 Å². The van der Waals surface area contributed by atoms with E-state index in [1.54, 1.807) is 19.4 Å². The van der Waals surface area contributed by atoms with Crippen LogP contribution >= 0.6 is 0 Å². The van der Waals surface area contributed by atoms with Gasteiger partial charge in [-0.2, -0.15) is 5.10 Å². The van der Waals surface area contributed by atoms with E-state index in [1.807, 2.05) is 46.1 Å². The molecule has 2 aromatic heterocycles. The van der Waals surface area contributed by atoms with Gasteiger partial charge >= 0.3 is 0 Å². The number of ether oxygens (including phenoxy) is 2. The highest BCUT2D eigenvalue weighted by Gasteiger charge is 2.29. The maximum absolute atomic E-state index is 13.1. The van der Waals surface area contributed by atoms with Gasteiger partial charge in [0.05, 0.1) is 7.11 Å². The topological polar surface area (TPSA) is 82.6 Å². The minimum atomic E-state index is -0.0903. The van der Waals surface area contributed by atoms with Crippen LogP contribution in [0.2, 0.25) is 0 Å². The second-order valence-electron chi connectivity index (χ2n) is 7.32. The van der Waals surface area contributed by atoms with E-state index < -0.39 is 0 Å². The lowest BCUT2D eigenvalue weighted by atomic mass is 9.99. The lowest BCUT2D eigenvalue weighted by Crippen LogP contribution is -2.44. The number of aromatic nitrogens is 3. The van der Waals surface area contributed by atoms with Crippen LogP contribution in [-0.2, 0) is 13.2 Å². The summed E-state index contributed by atoms with van der Waals surface area (Å²) in [6.45, 7) is 1.70. The van der Waals surface area contributed by atoms with Crippen molar-refractivity contribution in [3.63, 3.8) is 0 Å². The van der Waals surface area contributed by atoms with E-state index in [0.717, 1.165) is 38.8 Å². The molecule has 0 radical (unpaired) electrons. The molecule has 3 aromatic rings. The molecule has 8 heteroatoms. The highest BCUT2D eigenvalue weighted by atomic mass is 16.5. The van der Waals surface area contributed by atoms with Gasteiger partial charge in [0.2, 0.25) is 0 Å². The minimum absolute atomic E-state index is 0.0903. The molecule has 0 bridgehead atoms. The van der Waals surface area contributed by atoms with Gasteiger partial charge in [0.25, 0.3) is 5.91 Å². The number of hydrogen-bond acceptors (Lipinski definition) is 6. The fourth-order valence-corrected chi connectivity index (χ4v) is 3.80. The molecule has 0 aliphatic carbocycles. The Morgan fingerprint density at radius 1 is 1.23 bits per heavy atom. The third-order valence-electron chi connectivity index (χ3n) is 5.36. The number of methoxy groups -OCH3 is 1. The first kappa shape index (κ1) is 20.0. The third-order valence-corrected chi connectivity index (χ3v) is 5.36. The number of carbonyl (C=O) groups excluding carboxylic acids is 1. The molecule has 0 unspecified atom stereocenters. The summed E-state index contributed by atoms with van der Waals surface area (Å²) >= 11 is 0. The molecule has 3 heterocycles. The zero-order valence-electron chi connectivity index (χ0n) is 17.1. The van der Waals surface area contributed by atoms with E-state index in [2.05, 4.69) is 10.3 Å². The number of piperidine rings is 1. The summed E-state index contributed by atoms with van der Waals surface area (Å²) < 4.78 is 18.3. The number of carbonyl (C=O) groups is 1. The molecule has 158 valence electrons. The molecule has 0 saturated carbocycles. The lowest BCUT2D eigenvalue weighted by Gasteiger charge is -2.35. The van der Waals surface area contributed by atoms with E-state index in [1.165, 1.54) is 0 Å². The summed E-state index contributed by atoms with van der Waals surface area (Å²) in [7, 11) is 1.59. The largest absolute Gasteiger partial charge is 0.493 e. The van der Waals surface area contributed by atoms with Crippen molar-refractivity contribution < 1.29 is 18.8 Å². The van der Waals surface area contributed by atoms with Crippen molar-refractivity contribution in [2.45, 2.75) is 44.9 Å². The van der Waals surface area contributed by atoms with Gasteiger partial charge in [0, 0.05) is 37.6 Å². The first-order chi connectivity index (χ1) is 14.7. The molecule has 0 N–H and O–H groups in total. The van der Waals surface area contributed by atoms with Crippen molar-refractivity contribution in [1.82, 2.24) is 19.8 Å². The average Bonchev–Trinajstić information content (AvgIpc) is 3.48. The Labute approximate surface area is 175 Å². The molecule has 1 atom stereocenters. The van der Waals surface area contributed by atoms with Gasteiger partial charge in [-0.05, 0) is 43.9 Å². The first-order valence-corrected chi connectivity index (χ1v) is 10.2. The summed E-state index contributed by atoms with van der Waals surface area (Å²) in [6.07, 6.45) is 7.72. The van der Waals surface area contributed by atoms with Crippen molar-refractivity contribution in [2.75, 3.05) is 13.7 Å². The smallest absolute Gasteiger partial charge is 0.276 e. The zero-order chi connectivity index (χ0) is 20.8. The molecule has 1 amide bonds. The first-order valence-electron chi connectivity index (χ1n) is 10.2. The lowest BCUT2D eigenvalue weighted by molar-refractivity contribution is 0.0583. The average molecular weight is 410 g/mol. The molecule has 1 aliphatic rings. The summed E-state index contributed by atoms with van der Waals surface area (Å²) in [5.41, 5.74) is 0.319. The molecule has 4 rings (SSSR count). The van der Waals surface area contributed by atoms with Crippen molar-refractivity contribution in [3.8, 4) is 11.5 Å². The van der Waals surface area contributed by atoms with Gasteiger partial charge in [0.1, 0.15) is 6.61 Å². The third kappa shape index (κ3) is 4.64. The normalized spacial score (nSPS) is 16.4. The van der Waals surface area contributed by atoms with Crippen LogP contribution in [0.4, 0.5) is 0 Å². The molecular weight excluding hydrogens is 384 g/mol. The molecule has 1 aliphatic heterocycles. The summed E-state index contributed by atoms with van der Waals surface area (Å²) in [4.78, 5) is 15.0. The number of likely N-dealkylation sites (tertiary alicyclic amines) is 1. The maximum atomic E-state index is 13.1. The Bertz CT molecular complexity index is 954. The zero-order valence-corrected chi connectivity index (χ0v) is 17.1. The molecule has 0 spiro atoms. The molecule has 1 aromatic carbocycles. The fourth-order valence-electron chi connectivity index (χ4n) is 3.80. The van der Waals surface area contributed by atoms with Crippen LogP contribution in [0.3, 0.4) is 0 Å².